The van der Waals surface area contributed by atoms with Crippen LogP contribution < -0.4 is 0 Å². The Bertz CT molecular complexity index is 766. The van der Waals surface area contributed by atoms with Gasteiger partial charge in [-0.1, -0.05) is 19.1 Å². The lowest BCUT2D eigenvalue weighted by Gasteiger charge is -2.26. The van der Waals surface area contributed by atoms with E-state index in [4.69, 9.17) is 0 Å². The lowest BCUT2D eigenvalue weighted by molar-refractivity contribution is 0.101. The molecular formula is C14H19NO5S2. The molecule has 0 spiro atoms. The zero-order valence-electron chi connectivity index (χ0n) is 12.5. The summed E-state index contributed by atoms with van der Waals surface area (Å²) < 4.78 is 49.8. The molecule has 2 rings (SSSR count). The van der Waals surface area contributed by atoms with E-state index in [1.54, 1.807) is 6.92 Å². The molecule has 8 heteroatoms. The van der Waals surface area contributed by atoms with Gasteiger partial charge in [-0.3, -0.25) is 4.79 Å². The first kappa shape index (κ1) is 17.1. The van der Waals surface area contributed by atoms with E-state index in [2.05, 4.69) is 0 Å². The predicted octanol–water partition coefficient (Wildman–Crippen LogP) is 1.09. The number of hydrogen-bond acceptors (Lipinski definition) is 5. The Morgan fingerprint density at radius 2 is 1.86 bits per heavy atom. The van der Waals surface area contributed by atoms with E-state index in [1.807, 2.05) is 0 Å². The predicted molar refractivity (Wildman–Crippen MR) is 83.1 cm³/mol. The van der Waals surface area contributed by atoms with Gasteiger partial charge >= 0.3 is 0 Å². The van der Waals surface area contributed by atoms with Crippen LogP contribution >= 0.6 is 0 Å². The summed E-state index contributed by atoms with van der Waals surface area (Å²) in [4.78, 5) is 11.3. The summed E-state index contributed by atoms with van der Waals surface area (Å²) in [5.74, 6) is -0.253. The molecule has 1 aromatic rings. The minimum Gasteiger partial charge on any atom is -0.295 e. The molecule has 1 saturated heterocycles. The number of nitrogens with zero attached hydrogens (tertiary/aromatic N) is 1. The number of benzene rings is 1. The van der Waals surface area contributed by atoms with E-state index < -0.39 is 25.9 Å². The SMILES string of the molecule is CCN([C@H]1CCS(=O)(=O)C1)S(=O)(=O)c1ccc(C(C)=O)cc1. The molecule has 0 amide bonds. The van der Waals surface area contributed by atoms with Gasteiger partial charge in [0.25, 0.3) is 0 Å². The fraction of sp³-hybridized carbons (Fsp3) is 0.500. The summed E-state index contributed by atoms with van der Waals surface area (Å²) in [5.41, 5.74) is 0.436. The molecule has 1 aromatic carbocycles. The second kappa shape index (κ2) is 6.10. The van der Waals surface area contributed by atoms with Gasteiger partial charge in [-0.05, 0) is 25.5 Å². The Morgan fingerprint density at radius 3 is 2.27 bits per heavy atom. The average molecular weight is 345 g/mol. The summed E-state index contributed by atoms with van der Waals surface area (Å²) in [5, 5.41) is 0. The van der Waals surface area contributed by atoms with E-state index in [1.165, 1.54) is 35.5 Å². The lowest BCUT2D eigenvalue weighted by atomic mass is 10.2. The Balaban J connectivity index is 2.33. The second-order valence-electron chi connectivity index (χ2n) is 5.35. The molecule has 6 nitrogen and oxygen atoms in total. The molecule has 0 bridgehead atoms. The fourth-order valence-electron chi connectivity index (χ4n) is 2.62. The quantitative estimate of drug-likeness (QED) is 0.745. The fourth-order valence-corrected chi connectivity index (χ4v) is 6.11. The third-order valence-corrected chi connectivity index (χ3v) is 7.59. The summed E-state index contributed by atoms with van der Waals surface area (Å²) in [6.45, 7) is 3.30. The lowest BCUT2D eigenvalue weighted by Crippen LogP contribution is -2.40. The standard InChI is InChI=1S/C14H19NO5S2/c1-3-15(13-8-9-21(17,18)10-13)22(19,20)14-6-4-12(5-7-14)11(2)16/h4-7,13H,3,8-10H2,1-2H3/t13-/m0/s1. The van der Waals surface area contributed by atoms with E-state index in [0.29, 0.717) is 12.0 Å². The van der Waals surface area contributed by atoms with Gasteiger partial charge < -0.3 is 0 Å². The van der Waals surface area contributed by atoms with E-state index in [0.717, 1.165) is 0 Å². The van der Waals surface area contributed by atoms with Gasteiger partial charge in [0.2, 0.25) is 10.0 Å². The van der Waals surface area contributed by atoms with Crippen molar-refractivity contribution in [1.29, 1.82) is 0 Å². The van der Waals surface area contributed by atoms with Crippen LogP contribution in [0.3, 0.4) is 0 Å². The molecule has 1 fully saturated rings. The number of sulfone groups is 1. The Hall–Kier alpha value is -1.25. The Kier molecular flexibility index (Phi) is 4.74. The van der Waals surface area contributed by atoms with Gasteiger partial charge in [0.1, 0.15) is 0 Å². The van der Waals surface area contributed by atoms with Crippen LogP contribution in [-0.2, 0) is 19.9 Å². The molecule has 1 atom stereocenters. The minimum absolute atomic E-state index is 0.0208. The van der Waals surface area contributed by atoms with Crippen molar-refractivity contribution in [3.8, 4) is 0 Å². The number of rotatable bonds is 5. The zero-order valence-corrected chi connectivity index (χ0v) is 14.2. The van der Waals surface area contributed by atoms with Crippen LogP contribution in [0.5, 0.6) is 0 Å². The number of ketones is 1. The third kappa shape index (κ3) is 3.39. The first-order valence-electron chi connectivity index (χ1n) is 7.00. The molecule has 1 heterocycles. The molecule has 0 radical (unpaired) electrons. The molecule has 0 N–H and O–H groups in total. The molecule has 22 heavy (non-hydrogen) atoms. The monoisotopic (exact) mass is 345 g/mol. The second-order valence-corrected chi connectivity index (χ2v) is 9.47. The van der Waals surface area contributed by atoms with Gasteiger partial charge in [0.05, 0.1) is 16.4 Å². The summed E-state index contributed by atoms with van der Waals surface area (Å²) in [6.07, 6.45) is 0.320. The van der Waals surface area contributed by atoms with Crippen molar-refractivity contribution in [2.75, 3.05) is 18.1 Å². The smallest absolute Gasteiger partial charge is 0.243 e. The van der Waals surface area contributed by atoms with Gasteiger partial charge in [0.15, 0.2) is 15.6 Å². The van der Waals surface area contributed by atoms with Crippen LogP contribution in [0.25, 0.3) is 0 Å². The normalized spacial score (nSPS) is 21.1. The molecule has 0 saturated carbocycles. The highest BCUT2D eigenvalue weighted by Crippen LogP contribution is 2.25. The zero-order chi connectivity index (χ0) is 16.5. The number of Topliss-reactive ketones (excluding diaryl/α,β-unsaturated/α-hetero) is 1. The average Bonchev–Trinajstić information content (AvgIpc) is 2.79. The number of hydrogen-bond donors (Lipinski definition) is 0. The van der Waals surface area contributed by atoms with Crippen molar-refractivity contribution in [1.82, 2.24) is 4.31 Å². The molecule has 1 aliphatic heterocycles. The first-order chi connectivity index (χ1) is 10.2. The van der Waals surface area contributed by atoms with Crippen molar-refractivity contribution in [3.63, 3.8) is 0 Å². The number of sulfonamides is 1. The van der Waals surface area contributed by atoms with E-state index >= 15 is 0 Å². The van der Waals surface area contributed by atoms with Crippen LogP contribution in [0.4, 0.5) is 0 Å². The number of carbonyl (C=O) groups excluding carboxylic acids is 1. The third-order valence-electron chi connectivity index (χ3n) is 3.79. The highest BCUT2D eigenvalue weighted by atomic mass is 32.2. The maximum absolute atomic E-state index is 12.7. The van der Waals surface area contributed by atoms with Gasteiger partial charge in [0, 0.05) is 18.2 Å². The van der Waals surface area contributed by atoms with Crippen LogP contribution in [0, 0.1) is 0 Å². The molecule has 1 aliphatic rings. The molecule has 0 aromatic heterocycles. The van der Waals surface area contributed by atoms with Crippen molar-refractivity contribution < 1.29 is 21.6 Å². The van der Waals surface area contributed by atoms with Crippen molar-refractivity contribution >= 4 is 25.6 Å². The largest absolute Gasteiger partial charge is 0.295 e. The molecule has 0 aliphatic carbocycles. The Labute approximate surface area is 131 Å². The van der Waals surface area contributed by atoms with Crippen LogP contribution in [0.15, 0.2) is 29.2 Å². The van der Waals surface area contributed by atoms with E-state index in [-0.39, 0.29) is 28.7 Å². The van der Waals surface area contributed by atoms with Crippen molar-refractivity contribution in [2.45, 2.75) is 31.2 Å². The Morgan fingerprint density at radius 1 is 1.27 bits per heavy atom. The van der Waals surface area contributed by atoms with Gasteiger partial charge in [-0.25, -0.2) is 16.8 Å². The van der Waals surface area contributed by atoms with Crippen molar-refractivity contribution in [2.24, 2.45) is 0 Å². The summed E-state index contributed by atoms with van der Waals surface area (Å²) >= 11 is 0. The van der Waals surface area contributed by atoms with Crippen LogP contribution in [0.1, 0.15) is 30.6 Å². The topological polar surface area (TPSA) is 88.6 Å². The highest BCUT2D eigenvalue weighted by molar-refractivity contribution is 7.92. The van der Waals surface area contributed by atoms with E-state index in [9.17, 15) is 21.6 Å². The molecule has 122 valence electrons. The highest BCUT2D eigenvalue weighted by Gasteiger charge is 2.37. The molecular weight excluding hydrogens is 326 g/mol. The van der Waals surface area contributed by atoms with Gasteiger partial charge in [-0.15, -0.1) is 0 Å². The maximum Gasteiger partial charge on any atom is 0.243 e. The van der Waals surface area contributed by atoms with Crippen LogP contribution in [-0.4, -0.2) is 51.0 Å². The maximum atomic E-state index is 12.7. The summed E-state index contributed by atoms with van der Waals surface area (Å²) in [7, 11) is -6.93. The van der Waals surface area contributed by atoms with Crippen LogP contribution in [0.2, 0.25) is 0 Å². The number of carbonyl (C=O) groups is 1. The minimum atomic E-state index is -3.77. The van der Waals surface area contributed by atoms with Gasteiger partial charge in [-0.2, -0.15) is 4.31 Å². The molecule has 0 unspecified atom stereocenters. The first-order valence-corrected chi connectivity index (χ1v) is 10.3. The van der Waals surface area contributed by atoms with Crippen molar-refractivity contribution in [3.05, 3.63) is 29.8 Å². The summed E-state index contributed by atoms with van der Waals surface area (Å²) in [6, 6.07) is 5.19.